The summed E-state index contributed by atoms with van der Waals surface area (Å²) >= 11 is 0. The predicted octanol–water partition coefficient (Wildman–Crippen LogP) is 2.49. The lowest BCUT2D eigenvalue weighted by atomic mass is 9.75. The minimum absolute atomic E-state index is 0.00321. The number of carbonyl (C=O) groups excluding carboxylic acids is 2. The van der Waals surface area contributed by atoms with Crippen LogP contribution in [-0.4, -0.2) is 53.7 Å². The first-order chi connectivity index (χ1) is 13.6. The normalized spacial score (nSPS) is 24.1. The third-order valence-electron chi connectivity index (χ3n) is 5.61. The molecule has 0 unspecified atom stereocenters. The van der Waals surface area contributed by atoms with E-state index in [2.05, 4.69) is 22.8 Å². The predicted molar refractivity (Wildman–Crippen MR) is 110 cm³/mol. The molecule has 1 saturated heterocycles. The zero-order valence-electron chi connectivity index (χ0n) is 16.7. The van der Waals surface area contributed by atoms with Gasteiger partial charge in [0.25, 0.3) is 0 Å². The topological polar surface area (TPSA) is 81.7 Å². The first-order valence-electron chi connectivity index (χ1n) is 10.3. The second-order valence-corrected chi connectivity index (χ2v) is 7.67. The van der Waals surface area contributed by atoms with E-state index < -0.39 is 0 Å². The Morgan fingerprint density at radius 1 is 1.18 bits per heavy atom. The molecule has 28 heavy (non-hydrogen) atoms. The number of rotatable bonds is 8. The van der Waals surface area contributed by atoms with E-state index in [-0.39, 0.29) is 42.5 Å². The van der Waals surface area contributed by atoms with E-state index in [9.17, 15) is 14.7 Å². The quantitative estimate of drug-likeness (QED) is 0.643. The van der Waals surface area contributed by atoms with Crippen molar-refractivity contribution in [2.24, 2.45) is 5.92 Å². The Kier molecular flexibility index (Phi) is 6.73. The van der Waals surface area contributed by atoms with Crippen LogP contribution in [0.25, 0.3) is 6.08 Å². The molecule has 1 aliphatic heterocycles. The lowest BCUT2D eigenvalue weighted by molar-refractivity contribution is -0.123. The third kappa shape index (κ3) is 4.38. The highest BCUT2D eigenvalue weighted by molar-refractivity contribution is 5.81. The van der Waals surface area contributed by atoms with Gasteiger partial charge in [-0.25, -0.2) is 4.79 Å². The Bertz CT molecular complexity index is 712. The van der Waals surface area contributed by atoms with Crippen LogP contribution in [0.2, 0.25) is 0 Å². The molecular weight excluding hydrogens is 354 g/mol. The van der Waals surface area contributed by atoms with Gasteiger partial charge < -0.3 is 20.6 Å². The second kappa shape index (κ2) is 9.24. The Hall–Kier alpha value is -2.34. The van der Waals surface area contributed by atoms with E-state index in [1.807, 2.05) is 38.1 Å². The van der Waals surface area contributed by atoms with Crippen LogP contribution in [0.1, 0.15) is 50.2 Å². The lowest BCUT2D eigenvalue weighted by Crippen LogP contribution is -2.70. The number of amides is 3. The van der Waals surface area contributed by atoms with Gasteiger partial charge in [0.15, 0.2) is 0 Å². The van der Waals surface area contributed by atoms with Crippen LogP contribution in [0.15, 0.2) is 30.3 Å². The highest BCUT2D eigenvalue weighted by Crippen LogP contribution is 2.40. The fraction of sp³-hybridized carbons (Fsp3) is 0.545. The largest absolute Gasteiger partial charge is 0.394 e. The van der Waals surface area contributed by atoms with Crippen molar-refractivity contribution < 1.29 is 14.7 Å². The van der Waals surface area contributed by atoms with Crippen LogP contribution in [-0.2, 0) is 4.79 Å². The number of carbonyl (C=O) groups is 2. The molecule has 0 aromatic heterocycles. The summed E-state index contributed by atoms with van der Waals surface area (Å²) in [5.41, 5.74) is 2.19. The van der Waals surface area contributed by atoms with E-state index in [1.165, 1.54) is 0 Å². The molecule has 152 valence electrons. The van der Waals surface area contributed by atoms with Gasteiger partial charge in [-0.15, -0.1) is 0 Å². The van der Waals surface area contributed by atoms with E-state index in [4.69, 9.17) is 0 Å². The summed E-state index contributed by atoms with van der Waals surface area (Å²) in [5.74, 6) is 0.203. The summed E-state index contributed by atoms with van der Waals surface area (Å²) in [5, 5.41) is 15.9. The molecule has 0 radical (unpaired) electrons. The number of hydrogen-bond acceptors (Lipinski definition) is 3. The molecule has 0 spiro atoms. The molecule has 1 saturated carbocycles. The molecule has 2 aliphatic rings. The smallest absolute Gasteiger partial charge is 0.318 e. The molecule has 1 heterocycles. The number of nitrogens with one attached hydrogen (secondary N) is 2. The molecule has 1 aromatic carbocycles. The summed E-state index contributed by atoms with van der Waals surface area (Å²) in [7, 11) is 0. The number of likely N-dealkylation sites (tertiary alicyclic amines) is 1. The van der Waals surface area contributed by atoms with Gasteiger partial charge in [-0.2, -0.15) is 0 Å². The van der Waals surface area contributed by atoms with Gasteiger partial charge in [0.1, 0.15) is 0 Å². The molecule has 3 atom stereocenters. The molecule has 3 amide bonds. The maximum atomic E-state index is 12.7. The molecular formula is C22H31N3O3. The van der Waals surface area contributed by atoms with Crippen molar-refractivity contribution in [3.05, 3.63) is 41.5 Å². The van der Waals surface area contributed by atoms with Crippen LogP contribution < -0.4 is 10.6 Å². The van der Waals surface area contributed by atoms with E-state index in [1.54, 1.807) is 4.90 Å². The Morgan fingerprint density at radius 2 is 1.89 bits per heavy atom. The average molecular weight is 386 g/mol. The lowest BCUT2D eigenvalue weighted by Gasteiger charge is -2.54. The van der Waals surface area contributed by atoms with Crippen molar-refractivity contribution in [3.63, 3.8) is 0 Å². The van der Waals surface area contributed by atoms with Crippen molar-refractivity contribution in [2.75, 3.05) is 19.7 Å². The summed E-state index contributed by atoms with van der Waals surface area (Å²) in [6.45, 7) is 4.88. The van der Waals surface area contributed by atoms with Crippen molar-refractivity contribution in [3.8, 4) is 0 Å². The van der Waals surface area contributed by atoms with E-state index in [0.29, 0.717) is 13.1 Å². The monoisotopic (exact) mass is 385 g/mol. The van der Waals surface area contributed by atoms with Crippen LogP contribution in [0, 0.1) is 5.92 Å². The van der Waals surface area contributed by atoms with Crippen molar-refractivity contribution in [1.82, 2.24) is 15.5 Å². The maximum Gasteiger partial charge on any atom is 0.318 e. The molecule has 1 aromatic rings. The Labute approximate surface area is 167 Å². The highest BCUT2D eigenvalue weighted by atomic mass is 16.3. The molecule has 3 rings (SSSR count). The zero-order valence-corrected chi connectivity index (χ0v) is 16.7. The molecule has 1 aliphatic carbocycles. The molecule has 0 bridgehead atoms. The fourth-order valence-corrected chi connectivity index (χ4v) is 3.96. The third-order valence-corrected chi connectivity index (χ3v) is 5.61. The van der Waals surface area contributed by atoms with Crippen molar-refractivity contribution in [1.29, 1.82) is 0 Å². The number of benzene rings is 1. The van der Waals surface area contributed by atoms with Gasteiger partial charge >= 0.3 is 6.03 Å². The summed E-state index contributed by atoms with van der Waals surface area (Å²) in [6.07, 6.45) is 6.78. The van der Waals surface area contributed by atoms with Crippen LogP contribution in [0.5, 0.6) is 0 Å². The van der Waals surface area contributed by atoms with Gasteiger partial charge in [-0.05, 0) is 37.3 Å². The van der Waals surface area contributed by atoms with Gasteiger partial charge in [-0.1, -0.05) is 43.3 Å². The SMILES string of the molecule is C/C=C/c1ccc([C@@H]2[C@@H](CO)N(C(=O)NCCC)[C@H]2CNC(=O)C2CC2)cc1. The van der Waals surface area contributed by atoms with Crippen LogP contribution in [0.4, 0.5) is 4.79 Å². The van der Waals surface area contributed by atoms with Crippen molar-refractivity contribution in [2.45, 2.75) is 51.1 Å². The minimum atomic E-state index is -0.285. The van der Waals surface area contributed by atoms with E-state index >= 15 is 0 Å². The molecule has 6 heteroatoms. The van der Waals surface area contributed by atoms with Gasteiger partial charge in [0.05, 0.1) is 18.7 Å². The number of aliphatic hydroxyl groups is 1. The Morgan fingerprint density at radius 3 is 2.46 bits per heavy atom. The molecule has 3 N–H and O–H groups in total. The summed E-state index contributed by atoms with van der Waals surface area (Å²) < 4.78 is 0. The summed E-state index contributed by atoms with van der Waals surface area (Å²) in [6, 6.07) is 7.58. The van der Waals surface area contributed by atoms with Gasteiger partial charge in [0, 0.05) is 24.9 Å². The van der Waals surface area contributed by atoms with Crippen LogP contribution in [0.3, 0.4) is 0 Å². The number of hydrogen-bond donors (Lipinski definition) is 3. The minimum Gasteiger partial charge on any atom is -0.394 e. The highest BCUT2D eigenvalue weighted by Gasteiger charge is 2.51. The first kappa shape index (κ1) is 20.4. The Balaban J connectivity index is 1.77. The number of urea groups is 1. The van der Waals surface area contributed by atoms with Gasteiger partial charge in [-0.3, -0.25) is 4.79 Å². The number of allylic oxidation sites excluding steroid dienone is 1. The van der Waals surface area contributed by atoms with Crippen LogP contribution >= 0.6 is 0 Å². The fourth-order valence-electron chi connectivity index (χ4n) is 3.96. The zero-order chi connectivity index (χ0) is 20.1. The number of nitrogens with zero attached hydrogens (tertiary/aromatic N) is 1. The summed E-state index contributed by atoms with van der Waals surface area (Å²) in [4.78, 5) is 26.5. The number of aliphatic hydroxyl groups excluding tert-OH is 1. The first-order valence-corrected chi connectivity index (χ1v) is 10.3. The van der Waals surface area contributed by atoms with Gasteiger partial charge in [0.2, 0.25) is 5.91 Å². The standard InChI is InChI=1S/C22H31N3O3/c1-3-5-15-6-8-16(9-7-15)20-18(13-24-21(27)17-10-11-17)25(19(20)14-26)22(28)23-12-4-2/h3,5-9,17-20,26H,4,10-14H2,1-2H3,(H,23,28)(H,24,27)/b5-3+/t18-,19+,20-/m0/s1. The molecule has 6 nitrogen and oxygen atoms in total. The molecule has 2 fully saturated rings. The van der Waals surface area contributed by atoms with E-state index in [0.717, 1.165) is 30.4 Å². The van der Waals surface area contributed by atoms with Crippen molar-refractivity contribution >= 4 is 18.0 Å². The average Bonchev–Trinajstić information content (AvgIpc) is 3.52. The maximum absolute atomic E-state index is 12.7. The second-order valence-electron chi connectivity index (χ2n) is 7.67.